The molecule has 4 aromatic carbocycles. The van der Waals surface area contributed by atoms with E-state index in [4.69, 9.17) is 11.6 Å². The molecule has 38 heavy (non-hydrogen) atoms. The standard InChI is InChI=1S/C34H32ClN3/c1-24(32(21-25-12-18-31(35)19-13-25)30-11-7-8-26(20-30)22-36)38-33(34(2,3)23-37)29-16-14-28(15-17-29)27-9-5-4-6-10-27/h4-20,24,32-33,38H,21H2,1-3H3/t24-,32?,33-/m0/s1. The Hall–Kier alpha value is -3.89. The van der Waals surface area contributed by atoms with E-state index >= 15 is 0 Å². The Morgan fingerprint density at radius 1 is 0.789 bits per heavy atom. The van der Waals surface area contributed by atoms with E-state index < -0.39 is 5.41 Å². The minimum Gasteiger partial charge on any atom is -0.305 e. The third-order valence-electron chi connectivity index (χ3n) is 7.21. The van der Waals surface area contributed by atoms with Crippen molar-refractivity contribution in [2.75, 3.05) is 0 Å². The summed E-state index contributed by atoms with van der Waals surface area (Å²) in [6.07, 6.45) is 0.771. The maximum absolute atomic E-state index is 10.1. The van der Waals surface area contributed by atoms with E-state index in [1.165, 1.54) is 5.56 Å². The number of hydrogen-bond acceptors (Lipinski definition) is 3. The lowest BCUT2D eigenvalue weighted by atomic mass is 9.79. The normalized spacial score (nSPS) is 13.6. The topological polar surface area (TPSA) is 59.6 Å². The summed E-state index contributed by atoms with van der Waals surface area (Å²) in [6, 6.07) is 39.1. The van der Waals surface area contributed by atoms with Crippen molar-refractivity contribution in [1.82, 2.24) is 5.32 Å². The fourth-order valence-electron chi connectivity index (χ4n) is 4.96. The van der Waals surface area contributed by atoms with Gasteiger partial charge in [-0.05, 0) is 79.3 Å². The summed E-state index contributed by atoms with van der Waals surface area (Å²) in [6.45, 7) is 6.12. The van der Waals surface area contributed by atoms with Gasteiger partial charge < -0.3 is 5.32 Å². The van der Waals surface area contributed by atoms with Crippen molar-refractivity contribution in [3.63, 3.8) is 0 Å². The molecule has 1 N–H and O–H groups in total. The molecule has 0 saturated heterocycles. The highest BCUT2D eigenvalue weighted by molar-refractivity contribution is 6.30. The lowest BCUT2D eigenvalue weighted by Crippen LogP contribution is -2.42. The highest BCUT2D eigenvalue weighted by Crippen LogP contribution is 2.36. The van der Waals surface area contributed by atoms with Crippen LogP contribution in [0.15, 0.2) is 103 Å². The molecule has 4 rings (SSSR count). The van der Waals surface area contributed by atoms with Gasteiger partial charge in [0.25, 0.3) is 0 Å². The summed E-state index contributed by atoms with van der Waals surface area (Å²) in [5.74, 6) is 0.0741. The third kappa shape index (κ3) is 6.51. The van der Waals surface area contributed by atoms with Crippen LogP contribution in [-0.2, 0) is 6.42 Å². The number of halogens is 1. The second-order valence-corrected chi connectivity index (χ2v) is 10.8. The zero-order valence-corrected chi connectivity index (χ0v) is 22.8. The molecule has 190 valence electrons. The highest BCUT2D eigenvalue weighted by Gasteiger charge is 2.34. The van der Waals surface area contributed by atoms with E-state index in [1.807, 2.05) is 62.4 Å². The van der Waals surface area contributed by atoms with Crippen molar-refractivity contribution < 1.29 is 0 Å². The molecule has 4 heteroatoms. The molecular weight excluding hydrogens is 486 g/mol. The maximum atomic E-state index is 10.1. The van der Waals surface area contributed by atoms with Gasteiger partial charge in [0.15, 0.2) is 0 Å². The molecule has 1 unspecified atom stereocenters. The van der Waals surface area contributed by atoms with E-state index in [0.717, 1.165) is 28.7 Å². The van der Waals surface area contributed by atoms with Crippen LogP contribution in [0.3, 0.4) is 0 Å². The van der Waals surface area contributed by atoms with Gasteiger partial charge in [0.2, 0.25) is 0 Å². The van der Waals surface area contributed by atoms with Crippen molar-refractivity contribution in [2.24, 2.45) is 5.41 Å². The lowest BCUT2D eigenvalue weighted by molar-refractivity contribution is 0.281. The van der Waals surface area contributed by atoms with E-state index in [2.05, 4.69) is 79.0 Å². The van der Waals surface area contributed by atoms with E-state index in [9.17, 15) is 10.5 Å². The molecule has 3 nitrogen and oxygen atoms in total. The molecule has 0 saturated carbocycles. The van der Waals surface area contributed by atoms with E-state index in [0.29, 0.717) is 10.6 Å². The van der Waals surface area contributed by atoms with Crippen molar-refractivity contribution >= 4 is 11.6 Å². The Bertz CT molecular complexity index is 1430. The van der Waals surface area contributed by atoms with Crippen molar-refractivity contribution in [3.05, 3.63) is 130 Å². The number of hydrogen-bond donors (Lipinski definition) is 1. The zero-order chi connectivity index (χ0) is 27.1. The number of rotatable bonds is 9. The van der Waals surface area contributed by atoms with Gasteiger partial charge in [-0.3, -0.25) is 0 Å². The molecule has 0 aromatic heterocycles. The number of benzene rings is 4. The van der Waals surface area contributed by atoms with Crippen LogP contribution in [0.5, 0.6) is 0 Å². The molecule has 0 amide bonds. The number of nitriles is 2. The molecule has 0 heterocycles. The maximum Gasteiger partial charge on any atom is 0.0991 e. The Morgan fingerprint density at radius 3 is 2.08 bits per heavy atom. The first-order chi connectivity index (χ1) is 18.3. The van der Waals surface area contributed by atoms with Crippen LogP contribution in [0.4, 0.5) is 0 Å². The van der Waals surface area contributed by atoms with Gasteiger partial charge >= 0.3 is 0 Å². The average molecular weight is 518 g/mol. The van der Waals surface area contributed by atoms with Crippen LogP contribution in [0, 0.1) is 28.1 Å². The summed E-state index contributed by atoms with van der Waals surface area (Å²) in [5.41, 5.74) is 5.62. The number of nitrogens with zero attached hydrogens (tertiary/aromatic N) is 2. The van der Waals surface area contributed by atoms with E-state index in [1.54, 1.807) is 0 Å². The number of nitrogens with one attached hydrogen (secondary N) is 1. The molecular formula is C34H32ClN3. The summed E-state index contributed by atoms with van der Waals surface area (Å²) in [4.78, 5) is 0. The molecule has 0 radical (unpaired) electrons. The minimum absolute atomic E-state index is 0.00560. The van der Waals surface area contributed by atoms with Crippen LogP contribution >= 0.6 is 11.6 Å². The van der Waals surface area contributed by atoms with E-state index in [-0.39, 0.29) is 18.0 Å². The molecule has 3 atom stereocenters. The summed E-state index contributed by atoms with van der Waals surface area (Å²) >= 11 is 6.14. The van der Waals surface area contributed by atoms with Crippen LogP contribution in [-0.4, -0.2) is 6.04 Å². The summed E-state index contributed by atoms with van der Waals surface area (Å²) < 4.78 is 0. The second kappa shape index (κ2) is 12.1. The van der Waals surface area contributed by atoms with Gasteiger partial charge in [0.05, 0.1) is 29.2 Å². The van der Waals surface area contributed by atoms with Gasteiger partial charge in [0.1, 0.15) is 0 Å². The minimum atomic E-state index is -0.651. The van der Waals surface area contributed by atoms with Gasteiger partial charge in [-0.15, -0.1) is 0 Å². The van der Waals surface area contributed by atoms with Gasteiger partial charge in [-0.1, -0.05) is 90.5 Å². The van der Waals surface area contributed by atoms with Gasteiger partial charge in [-0.25, -0.2) is 0 Å². The fourth-order valence-corrected chi connectivity index (χ4v) is 5.09. The average Bonchev–Trinajstić information content (AvgIpc) is 2.96. The van der Waals surface area contributed by atoms with Crippen LogP contribution < -0.4 is 5.32 Å². The molecule has 0 aliphatic carbocycles. The molecule has 0 spiro atoms. The molecule has 0 fully saturated rings. The summed E-state index contributed by atoms with van der Waals surface area (Å²) in [5, 5.41) is 24.2. The molecule has 0 aliphatic rings. The largest absolute Gasteiger partial charge is 0.305 e. The molecule has 0 bridgehead atoms. The molecule has 4 aromatic rings. The monoisotopic (exact) mass is 517 g/mol. The first-order valence-electron chi connectivity index (χ1n) is 12.9. The Labute approximate surface area is 231 Å². The smallest absolute Gasteiger partial charge is 0.0991 e. The highest BCUT2D eigenvalue weighted by atomic mass is 35.5. The van der Waals surface area contributed by atoms with Crippen molar-refractivity contribution in [2.45, 2.75) is 45.2 Å². The zero-order valence-electron chi connectivity index (χ0n) is 22.0. The first kappa shape index (κ1) is 27.2. The van der Waals surface area contributed by atoms with Crippen LogP contribution in [0.25, 0.3) is 11.1 Å². The Balaban J connectivity index is 1.67. The van der Waals surface area contributed by atoms with Gasteiger partial charge in [0, 0.05) is 17.0 Å². The molecule has 0 aliphatic heterocycles. The van der Waals surface area contributed by atoms with Crippen LogP contribution in [0.2, 0.25) is 5.02 Å². The third-order valence-corrected chi connectivity index (χ3v) is 7.46. The lowest BCUT2D eigenvalue weighted by Gasteiger charge is -2.36. The van der Waals surface area contributed by atoms with Crippen molar-refractivity contribution in [3.8, 4) is 23.3 Å². The quantitative estimate of drug-likeness (QED) is 0.242. The SMILES string of the molecule is C[C@H](N[C@@H](c1ccc(-c2ccccc2)cc1)C(C)(C)C#N)C(Cc1ccc(Cl)cc1)c1cccc(C#N)c1. The first-order valence-corrected chi connectivity index (χ1v) is 13.3. The predicted molar refractivity (Wildman–Crippen MR) is 156 cm³/mol. The van der Waals surface area contributed by atoms with Gasteiger partial charge in [-0.2, -0.15) is 10.5 Å². The van der Waals surface area contributed by atoms with Crippen molar-refractivity contribution in [1.29, 1.82) is 10.5 Å². The Kier molecular flexibility index (Phi) is 8.65. The predicted octanol–water partition coefficient (Wildman–Crippen LogP) is 8.47. The summed E-state index contributed by atoms with van der Waals surface area (Å²) in [7, 11) is 0. The van der Waals surface area contributed by atoms with Crippen LogP contribution in [0.1, 0.15) is 55.0 Å². The second-order valence-electron chi connectivity index (χ2n) is 10.4. The Morgan fingerprint density at radius 2 is 1.45 bits per heavy atom. The fraction of sp³-hybridized carbons (Fsp3) is 0.235.